The van der Waals surface area contributed by atoms with Gasteiger partial charge in [-0.2, -0.15) is 0 Å². The van der Waals surface area contributed by atoms with Gasteiger partial charge in [0.25, 0.3) is 0 Å². The number of carboxylic acids is 1. The number of rotatable bonds is 10. The summed E-state index contributed by atoms with van der Waals surface area (Å²) in [5.74, 6) is -0.221. The van der Waals surface area contributed by atoms with Gasteiger partial charge in [0, 0.05) is 24.7 Å². The molecule has 25 heavy (non-hydrogen) atoms. The number of carbonyl (C=O) groups is 1. The lowest BCUT2D eigenvalue weighted by molar-refractivity contribution is -0.136. The topological polar surface area (TPSA) is 76.0 Å². The second-order valence-corrected chi connectivity index (χ2v) is 7.48. The molecule has 3 aliphatic rings. The van der Waals surface area contributed by atoms with Crippen LogP contribution in [0, 0.1) is 11.8 Å². The molecule has 5 heteroatoms. The molecule has 2 bridgehead atoms. The van der Waals surface area contributed by atoms with Gasteiger partial charge in [-0.3, -0.25) is 4.79 Å². The van der Waals surface area contributed by atoms with E-state index < -0.39 is 5.97 Å². The molecular weight excluding hydrogens is 320 g/mol. The number of hydrogen-bond acceptors (Lipinski definition) is 4. The summed E-state index contributed by atoms with van der Waals surface area (Å²) in [6.45, 7) is 2.16. The lowest BCUT2D eigenvalue weighted by Gasteiger charge is -2.22. The van der Waals surface area contributed by atoms with Gasteiger partial charge in [0.1, 0.15) is 0 Å². The van der Waals surface area contributed by atoms with Crippen molar-refractivity contribution in [2.75, 3.05) is 0 Å². The first-order chi connectivity index (χ1) is 12.1. The zero-order chi connectivity index (χ0) is 17.8. The zero-order valence-electron chi connectivity index (χ0n) is 14.9. The molecule has 0 radical (unpaired) electrons. The predicted molar refractivity (Wildman–Crippen MR) is 94.2 cm³/mol. The standard InChI is InChI=1S/C20H30O5/c1-2-3-4-7-13(21)10-11-14-16-12-17-20(25-16)19(14)15(24-17)8-5-6-9-18(22)23/h5,8,10-11,13-17,19-21H,2-4,6-7,9,12H2,1H3,(H,22,23)/b8-5+,11-10+/t13-,14-,15+,16+,17+,19+,20-/m1/s1. The Hall–Kier alpha value is -1.17. The average molecular weight is 350 g/mol. The number of unbranched alkanes of at least 4 members (excludes halogenated alkanes) is 2. The van der Waals surface area contributed by atoms with Crippen molar-refractivity contribution in [2.24, 2.45) is 11.8 Å². The van der Waals surface area contributed by atoms with E-state index in [9.17, 15) is 9.90 Å². The van der Waals surface area contributed by atoms with Crippen LogP contribution >= 0.6 is 0 Å². The minimum Gasteiger partial charge on any atom is -0.481 e. The maximum Gasteiger partial charge on any atom is 0.303 e. The van der Waals surface area contributed by atoms with Crippen molar-refractivity contribution >= 4 is 5.97 Å². The molecule has 140 valence electrons. The second-order valence-electron chi connectivity index (χ2n) is 7.48. The molecule has 0 aliphatic carbocycles. The molecule has 3 saturated heterocycles. The fourth-order valence-corrected chi connectivity index (χ4v) is 4.41. The maximum atomic E-state index is 10.6. The third kappa shape index (κ3) is 4.33. The highest BCUT2D eigenvalue weighted by molar-refractivity contribution is 5.66. The van der Waals surface area contributed by atoms with Crippen LogP contribution in [0.3, 0.4) is 0 Å². The SMILES string of the molecule is CCCCC[C@@H](O)/C=C/[C@H]1[C@@H]2[C@@H]3O[C@H]1C[C@@H]3O[C@H]2/C=C/CCC(=O)O. The molecule has 5 nitrogen and oxygen atoms in total. The lowest BCUT2D eigenvalue weighted by atomic mass is 9.77. The normalized spacial score (nSPS) is 37.5. The van der Waals surface area contributed by atoms with Crippen molar-refractivity contribution in [3.05, 3.63) is 24.3 Å². The van der Waals surface area contributed by atoms with Crippen LogP contribution in [-0.4, -0.2) is 46.7 Å². The van der Waals surface area contributed by atoms with Crippen molar-refractivity contribution < 1.29 is 24.5 Å². The van der Waals surface area contributed by atoms with Crippen LogP contribution in [0.1, 0.15) is 51.9 Å². The molecular formula is C20H30O5. The third-order valence-electron chi connectivity index (χ3n) is 5.64. The smallest absolute Gasteiger partial charge is 0.303 e. The molecule has 0 amide bonds. The van der Waals surface area contributed by atoms with Crippen molar-refractivity contribution in [2.45, 2.75) is 82.4 Å². The first-order valence-electron chi connectivity index (χ1n) is 9.66. The summed E-state index contributed by atoms with van der Waals surface area (Å²) >= 11 is 0. The van der Waals surface area contributed by atoms with Gasteiger partial charge in [-0.25, -0.2) is 0 Å². The van der Waals surface area contributed by atoms with Gasteiger partial charge < -0.3 is 19.7 Å². The van der Waals surface area contributed by atoms with Crippen LogP contribution in [0.25, 0.3) is 0 Å². The second kappa shape index (κ2) is 8.47. The number of carboxylic acid groups (broad SMARTS) is 1. The first-order valence-corrected chi connectivity index (χ1v) is 9.66. The van der Waals surface area contributed by atoms with Gasteiger partial charge in [0.15, 0.2) is 0 Å². The summed E-state index contributed by atoms with van der Waals surface area (Å²) in [5, 5.41) is 18.9. The van der Waals surface area contributed by atoms with E-state index >= 15 is 0 Å². The number of aliphatic hydroxyl groups excluding tert-OH is 1. The van der Waals surface area contributed by atoms with E-state index in [0.717, 1.165) is 32.1 Å². The number of fused-ring (bicyclic) bond motifs is 1. The Labute approximate surface area is 149 Å². The fraction of sp³-hybridized carbons (Fsp3) is 0.750. The number of aliphatic hydroxyl groups is 1. The fourth-order valence-electron chi connectivity index (χ4n) is 4.41. The summed E-state index contributed by atoms with van der Waals surface area (Å²) in [6, 6.07) is 0. The number of aliphatic carboxylic acids is 1. The Morgan fingerprint density at radius 2 is 2.08 bits per heavy atom. The Morgan fingerprint density at radius 3 is 2.84 bits per heavy atom. The van der Waals surface area contributed by atoms with E-state index in [1.54, 1.807) is 0 Å². The van der Waals surface area contributed by atoms with Crippen LogP contribution in [0.4, 0.5) is 0 Å². The number of ether oxygens (including phenoxy) is 2. The van der Waals surface area contributed by atoms with Gasteiger partial charge in [-0.05, 0) is 12.8 Å². The molecule has 0 aromatic rings. The average Bonchev–Trinajstić information content (AvgIpc) is 3.18. The lowest BCUT2D eigenvalue weighted by Crippen LogP contribution is -2.31. The molecule has 2 N–H and O–H groups in total. The summed E-state index contributed by atoms with van der Waals surface area (Å²) in [6.07, 6.45) is 13.9. The van der Waals surface area contributed by atoms with Crippen molar-refractivity contribution in [1.29, 1.82) is 0 Å². The highest BCUT2D eigenvalue weighted by Gasteiger charge is 2.61. The van der Waals surface area contributed by atoms with Crippen molar-refractivity contribution in [3.63, 3.8) is 0 Å². The summed E-state index contributed by atoms with van der Waals surface area (Å²) in [7, 11) is 0. The molecule has 3 rings (SSSR count). The van der Waals surface area contributed by atoms with Crippen LogP contribution in [0.2, 0.25) is 0 Å². The van der Waals surface area contributed by atoms with E-state index in [4.69, 9.17) is 14.6 Å². The zero-order valence-corrected chi connectivity index (χ0v) is 14.9. The monoisotopic (exact) mass is 350 g/mol. The third-order valence-corrected chi connectivity index (χ3v) is 5.64. The summed E-state index contributed by atoms with van der Waals surface area (Å²) in [5.41, 5.74) is 0. The predicted octanol–water partition coefficient (Wildman–Crippen LogP) is 3.08. The molecule has 3 fully saturated rings. The molecule has 0 saturated carbocycles. The van der Waals surface area contributed by atoms with Gasteiger partial charge in [-0.15, -0.1) is 0 Å². The minimum atomic E-state index is -0.779. The summed E-state index contributed by atoms with van der Waals surface area (Å²) in [4.78, 5) is 10.6. The molecule has 3 heterocycles. The van der Waals surface area contributed by atoms with Gasteiger partial charge in [0.05, 0.1) is 30.5 Å². The van der Waals surface area contributed by atoms with E-state index in [0.29, 0.717) is 6.42 Å². The van der Waals surface area contributed by atoms with E-state index in [-0.39, 0.29) is 48.8 Å². The minimum absolute atomic E-state index is 0.0109. The van der Waals surface area contributed by atoms with E-state index in [1.165, 1.54) is 0 Å². The quantitative estimate of drug-likeness (QED) is 0.468. The number of allylic oxidation sites excluding steroid dienone is 1. The van der Waals surface area contributed by atoms with E-state index in [2.05, 4.69) is 13.0 Å². The van der Waals surface area contributed by atoms with E-state index in [1.807, 2.05) is 18.2 Å². The maximum absolute atomic E-state index is 10.6. The Bertz CT molecular complexity index is 512. The molecule has 7 atom stereocenters. The molecule has 0 aromatic carbocycles. The Morgan fingerprint density at radius 1 is 1.24 bits per heavy atom. The van der Waals surface area contributed by atoms with Gasteiger partial charge in [0.2, 0.25) is 0 Å². The van der Waals surface area contributed by atoms with Gasteiger partial charge >= 0.3 is 5.97 Å². The molecule has 3 aliphatic heterocycles. The molecule has 0 aromatic heterocycles. The highest BCUT2D eigenvalue weighted by atomic mass is 16.6. The molecule has 0 spiro atoms. The first kappa shape index (κ1) is 18.6. The number of hydrogen-bond donors (Lipinski definition) is 2. The van der Waals surface area contributed by atoms with Crippen LogP contribution in [-0.2, 0) is 14.3 Å². The van der Waals surface area contributed by atoms with Crippen molar-refractivity contribution in [3.8, 4) is 0 Å². The largest absolute Gasteiger partial charge is 0.481 e. The Kier molecular flexibility index (Phi) is 6.31. The van der Waals surface area contributed by atoms with Gasteiger partial charge in [-0.1, -0.05) is 50.5 Å². The Balaban J connectivity index is 1.56. The van der Waals surface area contributed by atoms with Crippen LogP contribution < -0.4 is 0 Å². The molecule has 0 unspecified atom stereocenters. The van der Waals surface area contributed by atoms with Crippen LogP contribution in [0.15, 0.2) is 24.3 Å². The van der Waals surface area contributed by atoms with Crippen LogP contribution in [0.5, 0.6) is 0 Å². The highest BCUT2D eigenvalue weighted by Crippen LogP contribution is 2.52. The summed E-state index contributed by atoms with van der Waals surface area (Å²) < 4.78 is 12.2. The van der Waals surface area contributed by atoms with Crippen molar-refractivity contribution in [1.82, 2.24) is 0 Å².